The molecule has 2 aromatic rings. The molecule has 0 saturated heterocycles. The minimum Gasteiger partial charge on any atom is -0.219 e. The van der Waals surface area contributed by atoms with E-state index in [4.69, 9.17) is 0 Å². The fraction of sp³-hybridized carbons (Fsp3) is 0. The van der Waals surface area contributed by atoms with Gasteiger partial charge in [0.25, 0.3) is 0 Å². The van der Waals surface area contributed by atoms with Crippen LogP contribution in [0, 0.1) is 0 Å². The molecule has 0 aromatic heterocycles. The van der Waals surface area contributed by atoms with Gasteiger partial charge in [-0.3, -0.25) is 0 Å². The van der Waals surface area contributed by atoms with Crippen LogP contribution < -0.4 is 0 Å². The summed E-state index contributed by atoms with van der Waals surface area (Å²) in [6.07, 6.45) is 0. The molecule has 0 saturated carbocycles. The van der Waals surface area contributed by atoms with E-state index in [1.807, 2.05) is 52.9 Å². The molecule has 0 N–H and O–H groups in total. The molecule has 0 radical (unpaired) electrons. The van der Waals surface area contributed by atoms with Crippen molar-refractivity contribution in [1.29, 1.82) is 0 Å². The molecule has 92 valence electrons. The third kappa shape index (κ3) is 3.20. The average Bonchev–Trinajstić information content (AvgIpc) is 2.40. The molecule has 0 aliphatic heterocycles. The van der Waals surface area contributed by atoms with E-state index in [-0.39, 0.29) is 0 Å². The largest absolute Gasteiger partial charge is 0.219 e. The molecule has 0 bridgehead atoms. The molecule has 0 atom stereocenters. The molecule has 18 heavy (non-hydrogen) atoms. The molecule has 4 heteroatoms. The zero-order valence-corrected chi connectivity index (χ0v) is 12.4. The Bertz CT molecular complexity index is 647. The van der Waals surface area contributed by atoms with Crippen molar-refractivity contribution in [2.75, 3.05) is 0 Å². The Morgan fingerprint density at radius 1 is 0.889 bits per heavy atom. The second kappa shape index (κ2) is 5.67. The van der Waals surface area contributed by atoms with Crippen molar-refractivity contribution in [3.05, 3.63) is 71.6 Å². The van der Waals surface area contributed by atoms with Gasteiger partial charge in [-0.15, -0.1) is 0 Å². The highest BCUT2D eigenvalue weighted by Crippen LogP contribution is 2.25. The molecule has 0 spiro atoms. The van der Waals surface area contributed by atoms with E-state index in [2.05, 4.69) is 0 Å². The molecule has 2 aromatic carbocycles. The third-order valence-electron chi connectivity index (χ3n) is 2.38. The van der Waals surface area contributed by atoms with E-state index in [1.54, 1.807) is 30.3 Å². The van der Waals surface area contributed by atoms with Crippen molar-refractivity contribution in [2.24, 2.45) is 0 Å². The summed E-state index contributed by atoms with van der Waals surface area (Å²) in [5, 5.41) is 1.30. The summed E-state index contributed by atoms with van der Waals surface area (Å²) < 4.78 is 25.0. The zero-order valence-electron chi connectivity index (χ0n) is 9.45. The summed E-state index contributed by atoms with van der Waals surface area (Å²) in [6, 6.07) is 17.9. The topological polar surface area (TPSA) is 34.1 Å². The van der Waals surface area contributed by atoms with Crippen LogP contribution in [0.15, 0.2) is 71.0 Å². The van der Waals surface area contributed by atoms with Gasteiger partial charge in [-0.05, 0) is 40.3 Å². The number of halogens is 1. The maximum Gasteiger partial charge on any atom is 0.200 e. The highest BCUT2D eigenvalue weighted by Gasteiger charge is 2.11. The highest BCUT2D eigenvalue weighted by molar-refractivity contribution is 14.1. The summed E-state index contributed by atoms with van der Waals surface area (Å²) >= 11 is 2.04. The first-order valence-electron chi connectivity index (χ1n) is 5.32. The van der Waals surface area contributed by atoms with Crippen LogP contribution in [0.4, 0.5) is 0 Å². The van der Waals surface area contributed by atoms with Crippen LogP contribution in [0.1, 0.15) is 5.56 Å². The Balaban J connectivity index is 2.39. The van der Waals surface area contributed by atoms with Crippen molar-refractivity contribution < 1.29 is 8.42 Å². The monoisotopic (exact) mass is 370 g/mol. The fourth-order valence-electron chi connectivity index (χ4n) is 1.48. The molecule has 0 unspecified atom stereocenters. The maximum absolute atomic E-state index is 12.1. The maximum atomic E-state index is 12.1. The van der Waals surface area contributed by atoms with Crippen LogP contribution >= 0.6 is 22.6 Å². The van der Waals surface area contributed by atoms with Gasteiger partial charge in [-0.1, -0.05) is 48.5 Å². The smallest absolute Gasteiger partial charge is 0.200 e. The first-order chi connectivity index (χ1) is 8.59. The summed E-state index contributed by atoms with van der Waals surface area (Å²) in [4.78, 5) is 0.315. The lowest BCUT2D eigenvalue weighted by Crippen LogP contribution is -1.96. The fourth-order valence-corrected chi connectivity index (χ4v) is 3.92. The van der Waals surface area contributed by atoms with Crippen LogP contribution in [0.25, 0.3) is 3.58 Å². The van der Waals surface area contributed by atoms with Crippen LogP contribution in [-0.4, -0.2) is 8.42 Å². The second-order valence-electron chi connectivity index (χ2n) is 3.69. The normalized spacial score (nSPS) is 12.4. The van der Waals surface area contributed by atoms with E-state index in [1.165, 1.54) is 5.41 Å². The number of benzene rings is 2. The molecule has 0 amide bonds. The van der Waals surface area contributed by atoms with Crippen molar-refractivity contribution in [2.45, 2.75) is 4.90 Å². The van der Waals surface area contributed by atoms with Gasteiger partial charge in [0.2, 0.25) is 9.84 Å². The van der Waals surface area contributed by atoms with Crippen LogP contribution in [0.5, 0.6) is 0 Å². The standard InChI is InChI=1S/C14H11IO2S/c15-14(12-7-3-1-4-8-12)11-18(16,17)13-9-5-2-6-10-13/h1-11H/b14-11-. The van der Waals surface area contributed by atoms with Crippen LogP contribution in [0.2, 0.25) is 0 Å². The van der Waals surface area contributed by atoms with Crippen molar-refractivity contribution in [3.8, 4) is 0 Å². The molecular weight excluding hydrogens is 359 g/mol. The highest BCUT2D eigenvalue weighted by atomic mass is 127. The zero-order chi connectivity index (χ0) is 13.0. The third-order valence-corrected chi connectivity index (χ3v) is 5.21. The second-order valence-corrected chi connectivity index (χ2v) is 6.65. The molecule has 0 aliphatic rings. The molecule has 0 fully saturated rings. The van der Waals surface area contributed by atoms with E-state index in [0.29, 0.717) is 8.48 Å². The Kier molecular flexibility index (Phi) is 4.19. The molecule has 2 rings (SSSR count). The lowest BCUT2D eigenvalue weighted by Gasteiger charge is -2.01. The van der Waals surface area contributed by atoms with Gasteiger partial charge < -0.3 is 0 Å². The minimum absolute atomic E-state index is 0.315. The summed E-state index contributed by atoms with van der Waals surface area (Å²) in [5.74, 6) is 0. The molecule has 0 aliphatic carbocycles. The van der Waals surface area contributed by atoms with Gasteiger partial charge in [-0.2, -0.15) is 0 Å². The van der Waals surface area contributed by atoms with Crippen molar-refractivity contribution in [3.63, 3.8) is 0 Å². The van der Waals surface area contributed by atoms with Crippen LogP contribution in [0.3, 0.4) is 0 Å². The number of sulfone groups is 1. The molecule has 2 nitrogen and oxygen atoms in total. The Morgan fingerprint density at radius 2 is 1.39 bits per heavy atom. The van der Waals surface area contributed by atoms with Crippen molar-refractivity contribution >= 4 is 36.0 Å². The lowest BCUT2D eigenvalue weighted by atomic mass is 10.2. The van der Waals surface area contributed by atoms with Gasteiger partial charge in [0.15, 0.2) is 0 Å². The summed E-state index contributed by atoms with van der Waals surface area (Å²) in [6.45, 7) is 0. The SMILES string of the molecule is O=S(=O)(/C=C(\I)c1ccccc1)c1ccccc1. The van der Waals surface area contributed by atoms with E-state index in [0.717, 1.165) is 5.56 Å². The van der Waals surface area contributed by atoms with Gasteiger partial charge >= 0.3 is 0 Å². The van der Waals surface area contributed by atoms with Crippen molar-refractivity contribution in [1.82, 2.24) is 0 Å². The lowest BCUT2D eigenvalue weighted by molar-refractivity contribution is 0.605. The Labute approximate surface area is 120 Å². The van der Waals surface area contributed by atoms with Crippen LogP contribution in [-0.2, 0) is 9.84 Å². The van der Waals surface area contributed by atoms with Gasteiger partial charge in [0.05, 0.1) is 4.90 Å². The molecule has 0 heterocycles. The first-order valence-corrected chi connectivity index (χ1v) is 7.95. The molecular formula is C14H11IO2S. The number of hydrogen-bond donors (Lipinski definition) is 0. The average molecular weight is 370 g/mol. The minimum atomic E-state index is -3.38. The van der Waals surface area contributed by atoms with Gasteiger partial charge in [0.1, 0.15) is 0 Å². The number of hydrogen-bond acceptors (Lipinski definition) is 2. The predicted octanol–water partition coefficient (Wildman–Crippen LogP) is 3.89. The summed E-state index contributed by atoms with van der Waals surface area (Å²) in [7, 11) is -3.38. The van der Waals surface area contributed by atoms with Gasteiger partial charge in [0, 0.05) is 8.99 Å². The first kappa shape index (κ1) is 13.3. The van der Waals surface area contributed by atoms with E-state index in [9.17, 15) is 8.42 Å². The Morgan fingerprint density at radius 3 is 1.94 bits per heavy atom. The quantitative estimate of drug-likeness (QED) is 0.769. The van der Waals surface area contributed by atoms with E-state index < -0.39 is 9.84 Å². The Hall–Kier alpha value is -1.14. The predicted molar refractivity (Wildman–Crippen MR) is 82.1 cm³/mol. The van der Waals surface area contributed by atoms with Gasteiger partial charge in [-0.25, -0.2) is 8.42 Å². The summed E-state index contributed by atoms with van der Waals surface area (Å²) in [5.41, 5.74) is 0.901. The van der Waals surface area contributed by atoms with E-state index >= 15 is 0 Å². The number of rotatable bonds is 3.